The number of carbonyl (C=O) groups is 1. The lowest BCUT2D eigenvalue weighted by Gasteiger charge is -2.12. The van der Waals surface area contributed by atoms with Crippen LogP contribution in [0.15, 0.2) is 24.3 Å². The van der Waals surface area contributed by atoms with Gasteiger partial charge in [-0.25, -0.2) is 0 Å². The van der Waals surface area contributed by atoms with Crippen molar-refractivity contribution >= 4 is 23.4 Å². The lowest BCUT2D eigenvalue weighted by Crippen LogP contribution is -2.22. The van der Waals surface area contributed by atoms with E-state index in [0.717, 1.165) is 12.2 Å². The zero-order valence-corrected chi connectivity index (χ0v) is 12.3. The summed E-state index contributed by atoms with van der Waals surface area (Å²) < 4.78 is 0. The number of unbranched alkanes of at least 4 members (excludes halogenated alkanes) is 2. The second-order valence-electron chi connectivity index (χ2n) is 4.40. The first-order chi connectivity index (χ1) is 9.17. The van der Waals surface area contributed by atoms with Gasteiger partial charge in [-0.2, -0.15) is 5.26 Å². The van der Waals surface area contributed by atoms with Gasteiger partial charge >= 0.3 is 0 Å². The van der Waals surface area contributed by atoms with Crippen molar-refractivity contribution < 1.29 is 4.79 Å². The quantitative estimate of drug-likeness (QED) is 0.770. The highest BCUT2D eigenvalue weighted by molar-refractivity contribution is 8.00. The molecule has 102 valence electrons. The van der Waals surface area contributed by atoms with Crippen LogP contribution in [0.2, 0.25) is 0 Å². The smallest absolute Gasteiger partial charge is 0.237 e. The van der Waals surface area contributed by atoms with Gasteiger partial charge in [0.05, 0.1) is 16.9 Å². The van der Waals surface area contributed by atoms with E-state index in [4.69, 9.17) is 5.26 Å². The molecular formula is C15H20N2OS. The Labute approximate surface area is 119 Å². The van der Waals surface area contributed by atoms with Crippen LogP contribution < -0.4 is 5.32 Å². The molecule has 3 nitrogen and oxygen atoms in total. The molecule has 0 radical (unpaired) electrons. The monoisotopic (exact) mass is 276 g/mol. The van der Waals surface area contributed by atoms with E-state index in [1.807, 2.05) is 6.92 Å². The first-order valence-electron chi connectivity index (χ1n) is 6.60. The third-order valence-corrected chi connectivity index (χ3v) is 3.98. The molecule has 0 aliphatic rings. The number of hydrogen-bond donors (Lipinski definition) is 1. The Hall–Kier alpha value is -1.47. The van der Waals surface area contributed by atoms with Gasteiger partial charge in [0.15, 0.2) is 0 Å². The summed E-state index contributed by atoms with van der Waals surface area (Å²) >= 11 is 1.68. The fraction of sp³-hybridized carbons (Fsp3) is 0.467. The van der Waals surface area contributed by atoms with Crippen molar-refractivity contribution in [3.63, 3.8) is 0 Å². The summed E-state index contributed by atoms with van der Waals surface area (Å²) in [5.41, 5.74) is 1.24. The maximum absolute atomic E-state index is 12.0. The Morgan fingerprint density at radius 3 is 2.95 bits per heavy atom. The average molecular weight is 276 g/mol. The maximum atomic E-state index is 12.0. The first kappa shape index (κ1) is 15.6. The van der Waals surface area contributed by atoms with Crippen LogP contribution in [0.1, 0.15) is 38.7 Å². The van der Waals surface area contributed by atoms with Crippen LogP contribution in [0.5, 0.6) is 0 Å². The normalized spacial score (nSPS) is 11.6. The van der Waals surface area contributed by atoms with E-state index in [1.165, 1.54) is 12.8 Å². The molecule has 0 spiro atoms. The van der Waals surface area contributed by atoms with Crippen LogP contribution in [-0.4, -0.2) is 16.9 Å². The highest BCUT2D eigenvalue weighted by atomic mass is 32.2. The van der Waals surface area contributed by atoms with E-state index in [0.29, 0.717) is 11.3 Å². The minimum absolute atomic E-state index is 0.00316. The molecule has 0 aliphatic heterocycles. The number of benzene rings is 1. The number of nitriles is 1. The summed E-state index contributed by atoms with van der Waals surface area (Å²) in [6.45, 7) is 4.09. The minimum Gasteiger partial charge on any atom is -0.325 e. The van der Waals surface area contributed by atoms with Gasteiger partial charge in [-0.1, -0.05) is 25.8 Å². The number of nitrogens with zero attached hydrogens (tertiary/aromatic N) is 1. The van der Waals surface area contributed by atoms with Gasteiger partial charge in [0, 0.05) is 5.69 Å². The van der Waals surface area contributed by atoms with Crippen molar-refractivity contribution in [2.45, 2.75) is 38.4 Å². The summed E-state index contributed by atoms with van der Waals surface area (Å²) in [4.78, 5) is 12.0. The largest absolute Gasteiger partial charge is 0.325 e. The fourth-order valence-electron chi connectivity index (χ4n) is 1.60. The number of rotatable bonds is 7. The van der Waals surface area contributed by atoms with Crippen LogP contribution in [0.3, 0.4) is 0 Å². The lowest BCUT2D eigenvalue weighted by atomic mass is 10.2. The zero-order chi connectivity index (χ0) is 14.1. The van der Waals surface area contributed by atoms with Gasteiger partial charge in [-0.3, -0.25) is 4.79 Å². The Morgan fingerprint density at radius 2 is 2.26 bits per heavy atom. The Bertz CT molecular complexity index is 454. The highest BCUT2D eigenvalue weighted by Crippen LogP contribution is 2.16. The van der Waals surface area contributed by atoms with Gasteiger partial charge in [0.1, 0.15) is 0 Å². The molecule has 1 aromatic rings. The fourth-order valence-corrected chi connectivity index (χ4v) is 2.53. The second kappa shape index (κ2) is 8.60. The molecule has 1 N–H and O–H groups in total. The van der Waals surface area contributed by atoms with E-state index in [1.54, 1.807) is 36.0 Å². The number of nitrogens with one attached hydrogen (secondary N) is 1. The highest BCUT2D eigenvalue weighted by Gasteiger charge is 2.13. The predicted molar refractivity (Wildman–Crippen MR) is 81.2 cm³/mol. The standard InChI is InChI=1S/C15H20N2OS/c1-3-4-5-9-19-12(2)15(18)17-14-8-6-7-13(10-14)11-16/h6-8,10,12H,3-5,9H2,1-2H3,(H,17,18). The van der Waals surface area contributed by atoms with E-state index < -0.39 is 0 Å². The summed E-state index contributed by atoms with van der Waals surface area (Å²) in [6.07, 6.45) is 3.57. The van der Waals surface area contributed by atoms with Crippen molar-refractivity contribution in [1.82, 2.24) is 0 Å². The van der Waals surface area contributed by atoms with Crippen molar-refractivity contribution in [1.29, 1.82) is 5.26 Å². The molecule has 1 rings (SSSR count). The third kappa shape index (κ3) is 5.80. The summed E-state index contributed by atoms with van der Waals surface area (Å²) in [7, 11) is 0. The van der Waals surface area contributed by atoms with E-state index in [9.17, 15) is 4.79 Å². The zero-order valence-electron chi connectivity index (χ0n) is 11.5. The minimum atomic E-state index is -0.0670. The molecule has 0 aromatic heterocycles. The van der Waals surface area contributed by atoms with Crippen molar-refractivity contribution in [3.8, 4) is 6.07 Å². The average Bonchev–Trinajstić information content (AvgIpc) is 2.43. The summed E-state index contributed by atoms with van der Waals surface area (Å²) in [5.74, 6) is 1.01. The van der Waals surface area contributed by atoms with E-state index in [2.05, 4.69) is 18.3 Å². The van der Waals surface area contributed by atoms with Gasteiger partial charge in [0.25, 0.3) is 0 Å². The third-order valence-electron chi connectivity index (χ3n) is 2.74. The topological polar surface area (TPSA) is 52.9 Å². The molecule has 4 heteroatoms. The van der Waals surface area contributed by atoms with Crippen molar-refractivity contribution in [2.75, 3.05) is 11.1 Å². The molecular weight excluding hydrogens is 256 g/mol. The molecule has 1 amide bonds. The Kier molecular flexibility index (Phi) is 7.06. The molecule has 0 fully saturated rings. The van der Waals surface area contributed by atoms with Crippen LogP contribution in [0, 0.1) is 11.3 Å². The Balaban J connectivity index is 2.43. The number of anilines is 1. The van der Waals surface area contributed by atoms with Gasteiger partial charge < -0.3 is 5.32 Å². The molecule has 0 heterocycles. The SMILES string of the molecule is CCCCCSC(C)C(=O)Nc1cccc(C#N)c1. The second-order valence-corrected chi connectivity index (χ2v) is 5.85. The first-order valence-corrected chi connectivity index (χ1v) is 7.65. The van der Waals surface area contributed by atoms with E-state index >= 15 is 0 Å². The molecule has 1 unspecified atom stereocenters. The van der Waals surface area contributed by atoms with Crippen molar-refractivity contribution in [3.05, 3.63) is 29.8 Å². The molecule has 0 bridgehead atoms. The molecule has 0 saturated carbocycles. The Morgan fingerprint density at radius 1 is 1.47 bits per heavy atom. The van der Waals surface area contributed by atoms with Crippen LogP contribution >= 0.6 is 11.8 Å². The molecule has 1 atom stereocenters. The number of hydrogen-bond acceptors (Lipinski definition) is 3. The molecule has 0 aliphatic carbocycles. The summed E-state index contributed by atoms with van der Waals surface area (Å²) in [6, 6.07) is 9.04. The van der Waals surface area contributed by atoms with Gasteiger partial charge in [-0.05, 0) is 37.3 Å². The van der Waals surface area contributed by atoms with Crippen molar-refractivity contribution in [2.24, 2.45) is 0 Å². The lowest BCUT2D eigenvalue weighted by molar-refractivity contribution is -0.115. The van der Waals surface area contributed by atoms with E-state index in [-0.39, 0.29) is 11.2 Å². The van der Waals surface area contributed by atoms with Crippen LogP contribution in [0.25, 0.3) is 0 Å². The van der Waals surface area contributed by atoms with Gasteiger partial charge in [0.2, 0.25) is 5.91 Å². The predicted octanol–water partition coefficient (Wildman–Crippen LogP) is 3.81. The number of thioether (sulfide) groups is 1. The van der Waals surface area contributed by atoms with Gasteiger partial charge in [-0.15, -0.1) is 11.8 Å². The maximum Gasteiger partial charge on any atom is 0.237 e. The van der Waals surface area contributed by atoms with Crippen LogP contribution in [0.4, 0.5) is 5.69 Å². The molecule has 19 heavy (non-hydrogen) atoms. The molecule has 1 aromatic carbocycles. The summed E-state index contributed by atoms with van der Waals surface area (Å²) in [5, 5.41) is 11.6. The van der Waals surface area contributed by atoms with Crippen LogP contribution in [-0.2, 0) is 4.79 Å². The number of carbonyl (C=O) groups excluding carboxylic acids is 1. The molecule has 0 saturated heterocycles. The number of amides is 1.